The Balaban J connectivity index is 4.42. The van der Waals surface area contributed by atoms with Crippen LogP contribution in [0.2, 0.25) is 0 Å². The lowest BCUT2D eigenvalue weighted by Crippen LogP contribution is -2.27. The summed E-state index contributed by atoms with van der Waals surface area (Å²) in [5.41, 5.74) is -1.18. The van der Waals surface area contributed by atoms with Crippen LogP contribution >= 0.6 is 0 Å². The fourth-order valence-corrected chi connectivity index (χ4v) is 6.34. The Bertz CT molecular complexity index is 842. The van der Waals surface area contributed by atoms with Crippen molar-refractivity contribution in [3.8, 4) is 0 Å². The monoisotopic (exact) mass is 446 g/mol. The fourth-order valence-electron chi connectivity index (χ4n) is 1.44. The van der Waals surface area contributed by atoms with E-state index in [-0.39, 0.29) is 19.3 Å². The van der Waals surface area contributed by atoms with E-state index in [0.717, 1.165) is 0 Å². The predicted molar refractivity (Wildman–Crippen MR) is 88.2 cm³/mol. The first-order valence-electron chi connectivity index (χ1n) is 6.86. The van der Waals surface area contributed by atoms with E-state index in [1.54, 1.807) is 0 Å². The summed E-state index contributed by atoms with van der Waals surface area (Å²) in [6.07, 6.45) is 0.435. The molecular formula is C10H22O11S4. The third-order valence-electron chi connectivity index (χ3n) is 2.06. The van der Waals surface area contributed by atoms with Crippen molar-refractivity contribution in [2.75, 3.05) is 17.8 Å². The molecule has 0 aliphatic rings. The molecule has 0 fully saturated rings. The molecule has 0 rings (SSSR count). The summed E-state index contributed by atoms with van der Waals surface area (Å²) >= 11 is 0. The molecule has 0 unspecified atom stereocenters. The predicted octanol–water partition coefficient (Wildman–Crippen LogP) is -0.131. The first-order chi connectivity index (χ1) is 10.8. The molecule has 0 spiro atoms. The summed E-state index contributed by atoms with van der Waals surface area (Å²) in [7, 11) is -17.7. The molecule has 0 saturated heterocycles. The Labute approximate surface area is 149 Å². The maximum Gasteiger partial charge on any atom is 0.415 e. The van der Waals surface area contributed by atoms with Crippen LogP contribution in [0.4, 0.5) is 0 Å². The first-order valence-corrected chi connectivity index (χ1v) is 13.2. The lowest BCUT2D eigenvalue weighted by molar-refractivity contribution is 0.122. The van der Waals surface area contributed by atoms with E-state index >= 15 is 0 Å². The Hall–Kier alpha value is -0.320. The highest BCUT2D eigenvalue weighted by Gasteiger charge is 2.29. The summed E-state index contributed by atoms with van der Waals surface area (Å²) in [6, 6.07) is 0. The quantitative estimate of drug-likeness (QED) is 0.388. The highest BCUT2D eigenvalue weighted by atomic mass is 32.3. The molecule has 25 heavy (non-hydrogen) atoms. The van der Waals surface area contributed by atoms with Crippen LogP contribution in [-0.2, 0) is 52.2 Å². The Kier molecular flexibility index (Phi) is 8.47. The molecule has 0 heterocycles. The van der Waals surface area contributed by atoms with E-state index in [1.807, 2.05) is 0 Å². The molecule has 0 saturated carbocycles. The molecule has 0 amide bonds. The number of hydrogen-bond acceptors (Lipinski definition) is 11. The molecule has 0 atom stereocenters. The molecule has 152 valence electrons. The minimum Gasteiger partial charge on any atom is -0.242 e. The highest BCUT2D eigenvalue weighted by molar-refractivity contribution is 7.99. The van der Waals surface area contributed by atoms with Crippen molar-refractivity contribution >= 4 is 40.8 Å². The second-order valence-electron chi connectivity index (χ2n) is 6.03. The van der Waals surface area contributed by atoms with Crippen LogP contribution in [0, 0.1) is 0 Å². The summed E-state index contributed by atoms with van der Waals surface area (Å²) in [5.74, 6) is -1.32. The van der Waals surface area contributed by atoms with Gasteiger partial charge in [-0.25, -0.2) is 4.18 Å². The third-order valence-corrected chi connectivity index (χ3v) is 7.65. The van der Waals surface area contributed by atoms with Gasteiger partial charge in [-0.15, -0.1) is 7.26 Å². The Morgan fingerprint density at radius 3 is 1.44 bits per heavy atom. The summed E-state index contributed by atoms with van der Waals surface area (Å²) < 4.78 is 102. The van der Waals surface area contributed by atoms with E-state index in [1.165, 1.54) is 20.8 Å². The van der Waals surface area contributed by atoms with Crippen molar-refractivity contribution in [3.05, 3.63) is 0 Å². The van der Waals surface area contributed by atoms with E-state index in [2.05, 4.69) is 11.4 Å². The molecular weight excluding hydrogens is 424 g/mol. The number of rotatable bonds is 11. The van der Waals surface area contributed by atoms with Crippen LogP contribution < -0.4 is 0 Å². The van der Waals surface area contributed by atoms with Crippen LogP contribution in [0.1, 0.15) is 40.0 Å². The maximum absolute atomic E-state index is 11.6. The minimum absolute atomic E-state index is 0.0507. The van der Waals surface area contributed by atoms with E-state index in [9.17, 15) is 33.7 Å². The molecule has 0 aromatic rings. The summed E-state index contributed by atoms with van der Waals surface area (Å²) in [4.78, 5) is 0. The van der Waals surface area contributed by atoms with Gasteiger partial charge in [0, 0.05) is 0 Å². The lowest BCUT2D eigenvalue weighted by Gasteiger charge is -2.17. The third kappa shape index (κ3) is 14.5. The molecule has 0 aromatic carbocycles. The molecule has 0 radical (unpaired) electrons. The standard InChI is InChI=1S/C10H22O11S4/c1-10(2,3)19-25(17,18)21-24(15,16)9-7-5-6-8-23(13,14)20-22(4,11)12/h5-9H2,1-4H3. The fraction of sp³-hybridized carbons (Fsp3) is 1.00. The second-order valence-corrected chi connectivity index (χ2v) is 12.6. The van der Waals surface area contributed by atoms with Crippen molar-refractivity contribution in [2.45, 2.75) is 45.6 Å². The van der Waals surface area contributed by atoms with Gasteiger partial charge in [-0.05, 0) is 33.6 Å². The minimum atomic E-state index is -4.75. The van der Waals surface area contributed by atoms with Gasteiger partial charge in [0.15, 0.2) is 0 Å². The summed E-state index contributed by atoms with van der Waals surface area (Å²) in [6.45, 7) is 4.17. The maximum atomic E-state index is 11.6. The van der Waals surface area contributed by atoms with E-state index in [4.69, 9.17) is 0 Å². The molecule has 11 nitrogen and oxygen atoms in total. The Morgan fingerprint density at radius 2 is 1.08 bits per heavy atom. The van der Waals surface area contributed by atoms with Crippen LogP contribution in [0.15, 0.2) is 0 Å². The molecule has 0 aliphatic carbocycles. The van der Waals surface area contributed by atoms with Gasteiger partial charge in [0.1, 0.15) is 0 Å². The zero-order valence-corrected chi connectivity index (χ0v) is 17.4. The summed E-state index contributed by atoms with van der Waals surface area (Å²) in [5, 5.41) is 0. The second kappa shape index (κ2) is 8.58. The topological polar surface area (TPSA) is 164 Å². The van der Waals surface area contributed by atoms with Gasteiger partial charge in [0.25, 0.3) is 30.4 Å². The van der Waals surface area contributed by atoms with Crippen LogP contribution in [0.3, 0.4) is 0 Å². The largest absolute Gasteiger partial charge is 0.415 e. The molecule has 0 N–H and O–H groups in total. The van der Waals surface area contributed by atoms with Gasteiger partial charge in [-0.3, -0.25) is 0 Å². The molecule has 0 aliphatic heterocycles. The molecule has 15 heteroatoms. The van der Waals surface area contributed by atoms with Gasteiger partial charge < -0.3 is 0 Å². The van der Waals surface area contributed by atoms with Crippen molar-refractivity contribution in [2.24, 2.45) is 0 Å². The smallest absolute Gasteiger partial charge is 0.242 e. The highest BCUT2D eigenvalue weighted by Crippen LogP contribution is 2.16. The average Bonchev–Trinajstić information content (AvgIpc) is 2.18. The van der Waals surface area contributed by atoms with Crippen LogP contribution in [-0.4, -0.2) is 57.0 Å². The molecule has 0 bridgehead atoms. The van der Waals surface area contributed by atoms with Gasteiger partial charge in [-0.2, -0.15) is 33.7 Å². The zero-order chi connectivity index (χ0) is 20.2. The van der Waals surface area contributed by atoms with Crippen molar-refractivity contribution in [1.29, 1.82) is 0 Å². The first kappa shape index (κ1) is 24.7. The van der Waals surface area contributed by atoms with E-state index < -0.39 is 57.9 Å². The SMILES string of the molecule is CC(C)(C)OS(=O)(=O)OS(=O)(=O)CCCCCS(=O)(=O)OS(C)(=O)=O. The molecule has 0 aromatic heterocycles. The zero-order valence-electron chi connectivity index (χ0n) is 14.2. The average molecular weight is 447 g/mol. The van der Waals surface area contributed by atoms with Crippen LogP contribution in [0.25, 0.3) is 0 Å². The van der Waals surface area contributed by atoms with Gasteiger partial charge in [0.2, 0.25) is 0 Å². The Morgan fingerprint density at radius 1 is 0.680 bits per heavy atom. The van der Waals surface area contributed by atoms with Crippen LogP contribution in [0.5, 0.6) is 0 Å². The van der Waals surface area contributed by atoms with Crippen molar-refractivity contribution < 1.29 is 45.1 Å². The normalized spacial score (nSPS) is 14.6. The van der Waals surface area contributed by atoms with Gasteiger partial charge >= 0.3 is 10.4 Å². The number of hydrogen-bond donors (Lipinski definition) is 0. The lowest BCUT2D eigenvalue weighted by atomic mass is 10.2. The van der Waals surface area contributed by atoms with E-state index in [0.29, 0.717) is 6.26 Å². The van der Waals surface area contributed by atoms with Crippen molar-refractivity contribution in [3.63, 3.8) is 0 Å². The number of unbranched alkanes of at least 4 members (excludes halogenated alkanes) is 2. The van der Waals surface area contributed by atoms with Gasteiger partial charge in [-0.1, -0.05) is 6.42 Å². The van der Waals surface area contributed by atoms with Gasteiger partial charge in [0.05, 0.1) is 23.4 Å². The van der Waals surface area contributed by atoms with Crippen molar-refractivity contribution in [1.82, 2.24) is 0 Å².